The van der Waals surface area contributed by atoms with Crippen molar-refractivity contribution in [3.63, 3.8) is 0 Å². The number of fused-ring (bicyclic) bond motifs is 1. The molecule has 8 heteroatoms. The van der Waals surface area contributed by atoms with Crippen molar-refractivity contribution in [1.29, 1.82) is 0 Å². The van der Waals surface area contributed by atoms with Crippen LogP contribution in [0, 0.1) is 0 Å². The molecule has 2 aromatic rings. The van der Waals surface area contributed by atoms with Crippen molar-refractivity contribution in [3.8, 4) is 0 Å². The minimum Gasteiger partial charge on any atom is -0.356 e. The Kier molecular flexibility index (Phi) is 9.37. The first-order chi connectivity index (χ1) is 14.8. The van der Waals surface area contributed by atoms with Gasteiger partial charge in [-0.3, -0.25) is 14.3 Å². The molecule has 31 heavy (non-hydrogen) atoms. The summed E-state index contributed by atoms with van der Waals surface area (Å²) in [7, 11) is 1.87. The molecule has 1 aliphatic heterocycles. The summed E-state index contributed by atoms with van der Waals surface area (Å²) in [5.41, 5.74) is 1.23. The lowest BCUT2D eigenvalue weighted by atomic mass is 9.79. The number of likely N-dealkylation sites (tertiary alicyclic amines) is 1. The van der Waals surface area contributed by atoms with E-state index in [9.17, 15) is 0 Å². The molecule has 1 saturated carbocycles. The molecule has 0 unspecified atom stereocenters. The third-order valence-corrected chi connectivity index (χ3v) is 6.87. The van der Waals surface area contributed by atoms with Crippen LogP contribution in [0.15, 0.2) is 29.4 Å². The van der Waals surface area contributed by atoms with Gasteiger partial charge in [0.25, 0.3) is 0 Å². The number of nitrogens with one attached hydrogen (secondary N) is 2. The quantitative estimate of drug-likeness (QED) is 0.244. The summed E-state index contributed by atoms with van der Waals surface area (Å²) in [5.74, 6) is 1.93. The predicted octanol–water partition coefficient (Wildman–Crippen LogP) is 3.63. The fourth-order valence-electron chi connectivity index (χ4n) is 5.17. The first-order valence-electron chi connectivity index (χ1n) is 11.8. The number of aryl methyl sites for hydroxylation is 1. The zero-order chi connectivity index (χ0) is 20.7. The van der Waals surface area contributed by atoms with Gasteiger partial charge in [-0.15, -0.1) is 34.2 Å². The number of guanidine groups is 1. The maximum Gasteiger partial charge on any atom is 0.191 e. The van der Waals surface area contributed by atoms with Gasteiger partial charge in [-0.2, -0.15) is 0 Å². The fraction of sp³-hybridized carbons (Fsp3) is 0.696. The van der Waals surface area contributed by atoms with Gasteiger partial charge in [0, 0.05) is 38.3 Å². The van der Waals surface area contributed by atoms with E-state index in [2.05, 4.69) is 35.1 Å². The van der Waals surface area contributed by atoms with E-state index < -0.39 is 0 Å². The predicted molar refractivity (Wildman–Crippen MR) is 137 cm³/mol. The Hall–Kier alpha value is -1.42. The molecule has 0 bridgehead atoms. The number of halogens is 1. The Labute approximate surface area is 203 Å². The number of piperidine rings is 1. The molecule has 0 amide bonds. The van der Waals surface area contributed by atoms with Gasteiger partial charge in [0.2, 0.25) is 0 Å². The van der Waals surface area contributed by atoms with Crippen LogP contribution in [0.3, 0.4) is 0 Å². The molecule has 0 atom stereocenters. The molecule has 2 aliphatic rings. The van der Waals surface area contributed by atoms with Gasteiger partial charge in [0.1, 0.15) is 5.82 Å². The molecule has 2 aromatic heterocycles. The molecule has 7 nitrogen and oxygen atoms in total. The van der Waals surface area contributed by atoms with Crippen molar-refractivity contribution in [1.82, 2.24) is 30.1 Å². The van der Waals surface area contributed by atoms with Crippen LogP contribution in [0.25, 0.3) is 5.65 Å². The van der Waals surface area contributed by atoms with Crippen molar-refractivity contribution >= 4 is 35.6 Å². The second kappa shape index (κ2) is 12.0. The van der Waals surface area contributed by atoms with Crippen LogP contribution < -0.4 is 10.6 Å². The zero-order valence-corrected chi connectivity index (χ0v) is 21.2. The van der Waals surface area contributed by atoms with E-state index in [-0.39, 0.29) is 24.0 Å². The van der Waals surface area contributed by atoms with Crippen LogP contribution in [-0.2, 0) is 6.42 Å². The summed E-state index contributed by atoms with van der Waals surface area (Å²) in [6.45, 7) is 4.40. The maximum atomic E-state index is 4.48. The van der Waals surface area contributed by atoms with Crippen molar-refractivity contribution in [2.24, 2.45) is 4.99 Å². The van der Waals surface area contributed by atoms with Crippen molar-refractivity contribution in [3.05, 3.63) is 30.2 Å². The van der Waals surface area contributed by atoms with Crippen molar-refractivity contribution in [2.75, 3.05) is 33.2 Å². The smallest absolute Gasteiger partial charge is 0.191 e. The first kappa shape index (κ1) is 24.2. The van der Waals surface area contributed by atoms with Crippen molar-refractivity contribution < 1.29 is 0 Å². The summed E-state index contributed by atoms with van der Waals surface area (Å²) < 4.78 is 2.07. The average Bonchev–Trinajstić information content (AvgIpc) is 3.23. The summed E-state index contributed by atoms with van der Waals surface area (Å²) >= 11 is 0. The number of nitrogens with zero attached hydrogens (tertiary/aromatic N) is 5. The summed E-state index contributed by atoms with van der Waals surface area (Å²) in [4.78, 5) is 7.26. The number of aromatic nitrogens is 3. The molecule has 1 aliphatic carbocycles. The van der Waals surface area contributed by atoms with E-state index in [1.807, 2.05) is 31.4 Å². The summed E-state index contributed by atoms with van der Waals surface area (Å²) in [5, 5.41) is 15.7. The van der Waals surface area contributed by atoms with E-state index in [0.717, 1.165) is 43.4 Å². The minimum absolute atomic E-state index is 0. The maximum absolute atomic E-state index is 4.48. The van der Waals surface area contributed by atoms with Gasteiger partial charge in [0.15, 0.2) is 11.6 Å². The van der Waals surface area contributed by atoms with Gasteiger partial charge < -0.3 is 10.6 Å². The molecule has 0 aromatic carbocycles. The first-order valence-corrected chi connectivity index (χ1v) is 11.8. The van der Waals surface area contributed by atoms with E-state index in [1.54, 1.807) is 0 Å². The highest BCUT2D eigenvalue weighted by Crippen LogP contribution is 2.35. The lowest BCUT2D eigenvalue weighted by molar-refractivity contribution is 0.0368. The van der Waals surface area contributed by atoms with Crippen LogP contribution in [0.4, 0.5) is 0 Å². The zero-order valence-electron chi connectivity index (χ0n) is 18.9. The number of aliphatic imine (C=N–C) groups is 1. The molecule has 172 valence electrons. The number of hydrogen-bond donors (Lipinski definition) is 2. The lowest BCUT2D eigenvalue weighted by Gasteiger charge is -2.48. The normalized spacial score (nSPS) is 19.7. The van der Waals surface area contributed by atoms with E-state index in [0.29, 0.717) is 5.54 Å². The monoisotopic (exact) mass is 539 g/mol. The molecule has 2 N–H and O–H groups in total. The largest absolute Gasteiger partial charge is 0.356 e. The Morgan fingerprint density at radius 1 is 1.03 bits per heavy atom. The van der Waals surface area contributed by atoms with E-state index in [1.165, 1.54) is 64.5 Å². The SMILES string of the molecule is CN=C(NCCCc1nnc2ccccn12)NCC1(N2CCCCC2)CCCCC1.I. The summed E-state index contributed by atoms with van der Waals surface area (Å²) in [6.07, 6.45) is 14.8. The molecule has 4 rings (SSSR count). The van der Waals surface area contributed by atoms with Crippen LogP contribution in [0.1, 0.15) is 63.6 Å². The van der Waals surface area contributed by atoms with Crippen molar-refractivity contribution in [2.45, 2.75) is 69.7 Å². The standard InChI is InChI=1S/C23H37N7.HI/c1-24-22(25-15-10-12-21-28-27-20-11-4-9-18-30(20)21)26-19-23(13-5-2-6-14-23)29-16-7-3-8-17-29;/h4,9,11,18H,2-3,5-8,10,12-17,19H2,1H3,(H2,24,25,26);1H. The minimum atomic E-state index is 0. The third-order valence-electron chi connectivity index (χ3n) is 6.87. The number of pyridine rings is 1. The van der Waals surface area contributed by atoms with Crippen LogP contribution in [0.5, 0.6) is 0 Å². The highest BCUT2D eigenvalue weighted by Gasteiger charge is 2.38. The van der Waals surface area contributed by atoms with Gasteiger partial charge in [0.05, 0.1) is 0 Å². The third kappa shape index (κ3) is 6.09. The molecular formula is C23H38IN7. The Morgan fingerprint density at radius 2 is 1.81 bits per heavy atom. The van der Waals surface area contributed by atoms with Gasteiger partial charge in [-0.05, 0) is 57.3 Å². The molecular weight excluding hydrogens is 501 g/mol. The fourth-order valence-corrected chi connectivity index (χ4v) is 5.17. The highest BCUT2D eigenvalue weighted by atomic mass is 127. The Bertz CT molecular complexity index is 822. The van der Waals surface area contributed by atoms with E-state index in [4.69, 9.17) is 0 Å². The molecule has 0 radical (unpaired) electrons. The van der Waals surface area contributed by atoms with Gasteiger partial charge in [-0.1, -0.05) is 31.7 Å². The highest BCUT2D eigenvalue weighted by molar-refractivity contribution is 14.0. The number of rotatable bonds is 7. The summed E-state index contributed by atoms with van der Waals surface area (Å²) in [6, 6.07) is 6.01. The molecule has 0 spiro atoms. The number of hydrogen-bond acceptors (Lipinski definition) is 4. The van der Waals surface area contributed by atoms with Gasteiger partial charge in [-0.25, -0.2) is 0 Å². The van der Waals surface area contributed by atoms with Crippen LogP contribution in [0.2, 0.25) is 0 Å². The topological polar surface area (TPSA) is 69.8 Å². The molecule has 1 saturated heterocycles. The Balaban J connectivity index is 0.00000272. The lowest BCUT2D eigenvalue weighted by Crippen LogP contribution is -2.59. The molecule has 2 fully saturated rings. The van der Waals surface area contributed by atoms with Crippen LogP contribution in [-0.4, -0.2) is 64.2 Å². The van der Waals surface area contributed by atoms with E-state index >= 15 is 0 Å². The molecule has 3 heterocycles. The second-order valence-corrected chi connectivity index (χ2v) is 8.83. The van der Waals surface area contributed by atoms with Crippen LogP contribution >= 0.6 is 24.0 Å². The second-order valence-electron chi connectivity index (χ2n) is 8.83. The van der Waals surface area contributed by atoms with Gasteiger partial charge >= 0.3 is 0 Å². The average molecular weight is 540 g/mol. The Morgan fingerprint density at radius 3 is 2.58 bits per heavy atom.